The molecule has 0 unspecified atom stereocenters. The van der Waals surface area contributed by atoms with Gasteiger partial charge in [0.25, 0.3) is 0 Å². The Morgan fingerprint density at radius 1 is 1.71 bits per heavy atom. The number of amides is 1. The van der Waals surface area contributed by atoms with E-state index in [0.29, 0.717) is 6.42 Å². The fourth-order valence-corrected chi connectivity index (χ4v) is 1.41. The van der Waals surface area contributed by atoms with Gasteiger partial charge in [-0.1, -0.05) is 13.5 Å². The number of carbonyl (C=O) groups is 1. The molecule has 0 N–H and O–H groups in total. The highest BCUT2D eigenvalue weighted by molar-refractivity contribution is 9.10. The van der Waals surface area contributed by atoms with Gasteiger partial charge < -0.3 is 0 Å². The molecule has 0 saturated heterocycles. The van der Waals surface area contributed by atoms with E-state index in [1.807, 2.05) is 13.0 Å². The van der Waals surface area contributed by atoms with E-state index in [0.717, 1.165) is 10.2 Å². The molecule has 4 heteroatoms. The lowest BCUT2D eigenvalue weighted by Crippen LogP contribution is -2.23. The molecule has 1 amide bonds. The normalized spacial score (nSPS) is 9.57. The molecule has 0 fully saturated rings. The van der Waals surface area contributed by atoms with E-state index in [4.69, 9.17) is 0 Å². The first kappa shape index (κ1) is 10.9. The zero-order chi connectivity index (χ0) is 10.6. The molecule has 74 valence electrons. The van der Waals surface area contributed by atoms with Crippen LogP contribution in [0.15, 0.2) is 35.7 Å². The predicted octanol–water partition coefficient (Wildman–Crippen LogP) is 2.73. The van der Waals surface area contributed by atoms with Gasteiger partial charge in [0.05, 0.1) is 11.9 Å². The standard InChI is InChI=1S/C10H11BrN2O/c1-3-10(14)13(4-2)9-5-8(11)6-12-7-9/h4-7H,2-3H2,1H3. The zero-order valence-corrected chi connectivity index (χ0v) is 9.49. The minimum absolute atomic E-state index is 0.0000926. The number of anilines is 1. The topological polar surface area (TPSA) is 33.2 Å². The van der Waals surface area contributed by atoms with Crippen molar-refractivity contribution in [3.05, 3.63) is 35.7 Å². The predicted molar refractivity (Wildman–Crippen MR) is 59.9 cm³/mol. The molecule has 0 aliphatic rings. The van der Waals surface area contributed by atoms with Crippen molar-refractivity contribution in [1.82, 2.24) is 4.98 Å². The largest absolute Gasteiger partial charge is 0.287 e. The lowest BCUT2D eigenvalue weighted by atomic mass is 10.3. The number of halogens is 1. The summed E-state index contributed by atoms with van der Waals surface area (Å²) in [6, 6.07) is 1.82. The van der Waals surface area contributed by atoms with E-state index < -0.39 is 0 Å². The Morgan fingerprint density at radius 3 is 2.93 bits per heavy atom. The summed E-state index contributed by atoms with van der Waals surface area (Å²) >= 11 is 3.30. The molecule has 1 aromatic rings. The third-order valence-corrected chi connectivity index (χ3v) is 2.16. The Hall–Kier alpha value is -1.16. The number of nitrogens with zero attached hydrogens (tertiary/aromatic N) is 2. The van der Waals surface area contributed by atoms with E-state index in [-0.39, 0.29) is 5.91 Å². The van der Waals surface area contributed by atoms with Crippen molar-refractivity contribution in [3.63, 3.8) is 0 Å². The van der Waals surface area contributed by atoms with E-state index in [9.17, 15) is 4.79 Å². The van der Waals surface area contributed by atoms with Crippen LogP contribution in [0.2, 0.25) is 0 Å². The molecule has 0 atom stereocenters. The summed E-state index contributed by atoms with van der Waals surface area (Å²) < 4.78 is 0.839. The molecule has 0 aromatic carbocycles. The van der Waals surface area contributed by atoms with Crippen molar-refractivity contribution in [3.8, 4) is 0 Å². The first-order valence-corrected chi connectivity index (χ1v) is 5.03. The van der Waals surface area contributed by atoms with Crippen LogP contribution in [0, 0.1) is 0 Å². The number of rotatable bonds is 3. The van der Waals surface area contributed by atoms with Gasteiger partial charge in [-0.05, 0) is 22.0 Å². The van der Waals surface area contributed by atoms with Crippen LogP contribution in [-0.4, -0.2) is 10.9 Å². The van der Waals surface area contributed by atoms with Crippen molar-refractivity contribution in [2.75, 3.05) is 4.90 Å². The van der Waals surface area contributed by atoms with Gasteiger partial charge in [0, 0.05) is 23.3 Å². The van der Waals surface area contributed by atoms with Crippen LogP contribution in [0.4, 0.5) is 5.69 Å². The van der Waals surface area contributed by atoms with E-state index >= 15 is 0 Å². The van der Waals surface area contributed by atoms with Crippen LogP contribution in [0.1, 0.15) is 13.3 Å². The number of pyridine rings is 1. The average molecular weight is 255 g/mol. The molecule has 3 nitrogen and oxygen atoms in total. The summed E-state index contributed by atoms with van der Waals surface area (Å²) in [6.45, 7) is 5.41. The summed E-state index contributed by atoms with van der Waals surface area (Å²) in [5.41, 5.74) is 0.723. The van der Waals surface area contributed by atoms with E-state index in [2.05, 4.69) is 27.5 Å². The van der Waals surface area contributed by atoms with Gasteiger partial charge in [-0.15, -0.1) is 0 Å². The fourth-order valence-electron chi connectivity index (χ4n) is 1.05. The first-order valence-electron chi connectivity index (χ1n) is 4.24. The second-order valence-corrected chi connectivity index (χ2v) is 3.58. The molecule has 0 radical (unpaired) electrons. The molecule has 0 saturated carbocycles. The molecule has 0 aliphatic carbocycles. The number of hydrogen-bond acceptors (Lipinski definition) is 2. The number of aromatic nitrogens is 1. The Balaban J connectivity index is 3.00. The Bertz CT molecular complexity index is 352. The van der Waals surface area contributed by atoms with Crippen LogP contribution < -0.4 is 4.90 Å². The summed E-state index contributed by atoms with van der Waals surface area (Å²) in [7, 11) is 0. The molecular formula is C10H11BrN2O. The smallest absolute Gasteiger partial charge is 0.230 e. The van der Waals surface area contributed by atoms with Crippen molar-refractivity contribution >= 4 is 27.5 Å². The van der Waals surface area contributed by atoms with Crippen LogP contribution in [-0.2, 0) is 4.79 Å². The Labute approximate surface area is 91.6 Å². The summed E-state index contributed by atoms with van der Waals surface area (Å²) in [5, 5.41) is 0. The third-order valence-electron chi connectivity index (χ3n) is 1.72. The van der Waals surface area contributed by atoms with Gasteiger partial charge in [0.15, 0.2) is 0 Å². The van der Waals surface area contributed by atoms with Crippen molar-refractivity contribution in [1.29, 1.82) is 0 Å². The van der Waals surface area contributed by atoms with Gasteiger partial charge in [-0.2, -0.15) is 0 Å². The quantitative estimate of drug-likeness (QED) is 0.831. The summed E-state index contributed by atoms with van der Waals surface area (Å²) in [4.78, 5) is 16.9. The van der Waals surface area contributed by atoms with Gasteiger partial charge in [0.2, 0.25) is 5.91 Å². The molecule has 14 heavy (non-hydrogen) atoms. The Morgan fingerprint density at radius 2 is 2.43 bits per heavy atom. The maximum atomic E-state index is 11.5. The van der Waals surface area contributed by atoms with Gasteiger partial charge >= 0.3 is 0 Å². The zero-order valence-electron chi connectivity index (χ0n) is 7.90. The number of hydrogen-bond donors (Lipinski definition) is 0. The Kier molecular flexibility index (Phi) is 3.83. The minimum Gasteiger partial charge on any atom is -0.287 e. The van der Waals surface area contributed by atoms with Gasteiger partial charge in [0.1, 0.15) is 0 Å². The lowest BCUT2D eigenvalue weighted by molar-refractivity contribution is -0.117. The van der Waals surface area contributed by atoms with Crippen LogP contribution >= 0.6 is 15.9 Å². The highest BCUT2D eigenvalue weighted by atomic mass is 79.9. The average Bonchev–Trinajstić information content (AvgIpc) is 2.19. The van der Waals surface area contributed by atoms with Crippen molar-refractivity contribution in [2.45, 2.75) is 13.3 Å². The molecule has 0 bridgehead atoms. The van der Waals surface area contributed by atoms with Crippen LogP contribution in [0.25, 0.3) is 0 Å². The van der Waals surface area contributed by atoms with E-state index in [1.54, 1.807) is 12.4 Å². The van der Waals surface area contributed by atoms with E-state index in [1.165, 1.54) is 11.1 Å². The summed E-state index contributed by atoms with van der Waals surface area (Å²) in [6.07, 6.45) is 5.23. The van der Waals surface area contributed by atoms with Crippen molar-refractivity contribution < 1.29 is 4.79 Å². The molecule has 0 spiro atoms. The molecular weight excluding hydrogens is 244 g/mol. The molecule has 0 aliphatic heterocycles. The highest BCUT2D eigenvalue weighted by Crippen LogP contribution is 2.19. The molecule has 1 rings (SSSR count). The lowest BCUT2D eigenvalue weighted by Gasteiger charge is -2.16. The molecule has 1 aromatic heterocycles. The third kappa shape index (κ3) is 2.42. The highest BCUT2D eigenvalue weighted by Gasteiger charge is 2.10. The van der Waals surface area contributed by atoms with Gasteiger partial charge in [-0.3, -0.25) is 14.7 Å². The SMILES string of the molecule is C=CN(C(=O)CC)c1cncc(Br)c1. The van der Waals surface area contributed by atoms with Gasteiger partial charge in [-0.25, -0.2) is 0 Å². The fraction of sp³-hybridized carbons (Fsp3) is 0.200. The first-order chi connectivity index (χ1) is 6.69. The maximum absolute atomic E-state index is 11.5. The second-order valence-electron chi connectivity index (χ2n) is 2.66. The van der Waals surface area contributed by atoms with Crippen molar-refractivity contribution in [2.24, 2.45) is 0 Å². The summed E-state index contributed by atoms with van der Waals surface area (Å²) in [5.74, 6) is -0.0000926. The number of carbonyl (C=O) groups excluding carboxylic acids is 1. The maximum Gasteiger partial charge on any atom is 0.230 e. The van der Waals surface area contributed by atoms with Crippen LogP contribution in [0.5, 0.6) is 0 Å². The monoisotopic (exact) mass is 254 g/mol. The molecule has 1 heterocycles. The second kappa shape index (κ2) is 4.91. The minimum atomic E-state index is -0.0000926. The van der Waals surface area contributed by atoms with Crippen LogP contribution in [0.3, 0.4) is 0 Å².